The Bertz CT molecular complexity index is 1630. The summed E-state index contributed by atoms with van der Waals surface area (Å²) in [6.45, 7) is 3.57. The van der Waals surface area contributed by atoms with Crippen LogP contribution >= 0.6 is 0 Å². The molecule has 1 aliphatic carbocycles. The number of carbonyl (C=O) groups excluding carboxylic acids is 1. The van der Waals surface area contributed by atoms with Gasteiger partial charge in [0.2, 0.25) is 17.7 Å². The molecule has 2 saturated heterocycles. The van der Waals surface area contributed by atoms with Crippen molar-refractivity contribution in [3.63, 3.8) is 0 Å². The van der Waals surface area contributed by atoms with Gasteiger partial charge in [0.05, 0.1) is 24.2 Å². The third-order valence-electron chi connectivity index (χ3n) is 9.00. The number of nitrogens with zero attached hydrogens (tertiary/aromatic N) is 7. The minimum atomic E-state index is -2.80. The Hall–Kier alpha value is -4.39. The van der Waals surface area contributed by atoms with Crippen molar-refractivity contribution in [1.29, 1.82) is 0 Å². The van der Waals surface area contributed by atoms with Gasteiger partial charge < -0.3 is 24.0 Å². The molecular weight excluding hydrogens is 596 g/mol. The van der Waals surface area contributed by atoms with Crippen LogP contribution in [0.15, 0.2) is 54.9 Å². The Morgan fingerprint density at radius 3 is 2.30 bits per heavy atom. The number of imidazole rings is 1. The topological polar surface area (TPSA) is 108 Å². The molecule has 0 N–H and O–H groups in total. The molecule has 5 heterocycles. The van der Waals surface area contributed by atoms with Crippen LogP contribution in [-0.2, 0) is 9.53 Å². The summed E-state index contributed by atoms with van der Waals surface area (Å²) in [6.07, 6.45) is 4.98. The van der Waals surface area contributed by atoms with E-state index >= 15 is 0 Å². The van der Waals surface area contributed by atoms with Crippen LogP contribution in [0.2, 0.25) is 0 Å². The van der Waals surface area contributed by atoms with Gasteiger partial charge in [-0.25, -0.2) is 13.8 Å². The number of halogens is 2. The highest BCUT2D eigenvalue weighted by Gasteiger charge is 2.33. The summed E-state index contributed by atoms with van der Waals surface area (Å²) < 4.78 is 47.8. The first-order valence-corrected chi connectivity index (χ1v) is 16.0. The number of carbonyl (C=O) groups is 1. The number of rotatable bonds is 8. The number of likely N-dealkylation sites (tertiary alicyclic amines) is 1. The predicted octanol–water partition coefficient (Wildman–Crippen LogP) is 4.99. The van der Waals surface area contributed by atoms with Crippen molar-refractivity contribution >= 4 is 22.9 Å². The van der Waals surface area contributed by atoms with E-state index in [4.69, 9.17) is 24.2 Å². The number of para-hydroxylation sites is 2. The highest BCUT2D eigenvalue weighted by Crippen LogP contribution is 2.33. The largest absolute Gasteiger partial charge is 0.490 e. The van der Waals surface area contributed by atoms with Gasteiger partial charge in [-0.2, -0.15) is 9.97 Å². The van der Waals surface area contributed by atoms with Crippen molar-refractivity contribution in [2.24, 2.45) is 5.92 Å². The van der Waals surface area contributed by atoms with Gasteiger partial charge in [0.15, 0.2) is 5.82 Å². The number of alkyl halides is 2. The number of pyridine rings is 1. The lowest BCUT2D eigenvalue weighted by Crippen LogP contribution is -2.45. The van der Waals surface area contributed by atoms with E-state index in [-0.39, 0.29) is 35.7 Å². The first-order chi connectivity index (χ1) is 22.5. The van der Waals surface area contributed by atoms with E-state index in [0.717, 1.165) is 18.6 Å². The zero-order chi connectivity index (χ0) is 31.5. The highest BCUT2D eigenvalue weighted by atomic mass is 19.3. The number of anilines is 1. The molecule has 0 spiro atoms. The number of aromatic nitrogens is 5. The smallest absolute Gasteiger partial charge is 0.296 e. The number of piperidine rings is 1. The fourth-order valence-corrected chi connectivity index (χ4v) is 6.57. The Labute approximate surface area is 265 Å². The van der Waals surface area contributed by atoms with E-state index in [0.29, 0.717) is 87.9 Å². The van der Waals surface area contributed by atoms with Crippen LogP contribution in [0, 0.1) is 5.92 Å². The normalized spacial score (nSPS) is 21.1. The molecule has 1 amide bonds. The van der Waals surface area contributed by atoms with E-state index < -0.39 is 6.43 Å². The standard InChI is InChI=1S/C33H37F2N7O4/c34-30(35)31-37-26-3-1-2-4-27(26)42(31)28-21-29(39-33(38-28)41-17-19-44-20-18-41)46-23-7-5-22(6-8-23)32(43)40-15-11-25(12-16-40)45-24-9-13-36-14-10-24/h1-4,9-10,13-14,21-23,25,30H,5-8,11-12,15-20H2/t22-,23-. The molecule has 11 nitrogen and oxygen atoms in total. The molecule has 0 atom stereocenters. The van der Waals surface area contributed by atoms with Crippen LogP contribution in [0.3, 0.4) is 0 Å². The number of fused-ring (bicyclic) bond motifs is 1. The van der Waals surface area contributed by atoms with Crippen molar-refractivity contribution in [3.8, 4) is 17.4 Å². The fraction of sp³-hybridized carbons (Fsp3) is 0.485. The molecule has 242 valence electrons. The minimum absolute atomic E-state index is 0.0479. The molecule has 2 aliphatic heterocycles. The molecular formula is C33H37F2N7O4. The third kappa shape index (κ3) is 6.60. The van der Waals surface area contributed by atoms with E-state index in [2.05, 4.69) is 9.97 Å². The second-order valence-corrected chi connectivity index (χ2v) is 12.0. The molecule has 1 aromatic carbocycles. The average molecular weight is 634 g/mol. The molecule has 0 radical (unpaired) electrons. The molecule has 4 aromatic rings. The SMILES string of the molecule is O=C([C@H]1CC[C@H](Oc2cc(-n3c(C(F)F)nc4ccccc43)nc(N3CCOCC3)n2)CC1)N1CCC(Oc2ccncc2)CC1. The molecule has 0 unspecified atom stereocenters. The zero-order valence-corrected chi connectivity index (χ0v) is 25.5. The number of hydrogen-bond donors (Lipinski definition) is 0. The van der Waals surface area contributed by atoms with Crippen LogP contribution < -0.4 is 14.4 Å². The number of amides is 1. The number of morpholine rings is 1. The van der Waals surface area contributed by atoms with Crippen LogP contribution in [-0.4, -0.2) is 86.9 Å². The first kappa shape index (κ1) is 30.3. The first-order valence-electron chi connectivity index (χ1n) is 16.0. The van der Waals surface area contributed by atoms with E-state index in [9.17, 15) is 13.6 Å². The summed E-state index contributed by atoms with van der Waals surface area (Å²) in [5.41, 5.74) is 0.989. The van der Waals surface area contributed by atoms with Gasteiger partial charge in [0, 0.05) is 63.4 Å². The number of hydrogen-bond acceptors (Lipinski definition) is 9. The molecule has 3 fully saturated rings. The lowest BCUT2D eigenvalue weighted by molar-refractivity contribution is -0.138. The summed E-state index contributed by atoms with van der Waals surface area (Å²) in [4.78, 5) is 35.0. The van der Waals surface area contributed by atoms with Crippen molar-refractivity contribution in [1.82, 2.24) is 29.4 Å². The monoisotopic (exact) mass is 633 g/mol. The van der Waals surface area contributed by atoms with Gasteiger partial charge in [0.1, 0.15) is 23.8 Å². The van der Waals surface area contributed by atoms with Crippen molar-refractivity contribution in [2.45, 2.75) is 57.2 Å². The predicted molar refractivity (Wildman–Crippen MR) is 165 cm³/mol. The minimum Gasteiger partial charge on any atom is -0.490 e. The lowest BCUT2D eigenvalue weighted by Gasteiger charge is -2.36. The fourth-order valence-electron chi connectivity index (χ4n) is 6.57. The van der Waals surface area contributed by atoms with Gasteiger partial charge in [-0.05, 0) is 49.9 Å². The maximum absolute atomic E-state index is 14.2. The summed E-state index contributed by atoms with van der Waals surface area (Å²) in [6, 6.07) is 12.3. The van der Waals surface area contributed by atoms with Crippen LogP contribution in [0.1, 0.15) is 50.8 Å². The van der Waals surface area contributed by atoms with Gasteiger partial charge in [-0.3, -0.25) is 14.3 Å². The Kier molecular flexibility index (Phi) is 8.91. The van der Waals surface area contributed by atoms with Gasteiger partial charge in [-0.15, -0.1) is 0 Å². The maximum Gasteiger partial charge on any atom is 0.296 e. The van der Waals surface area contributed by atoms with Crippen LogP contribution in [0.25, 0.3) is 16.9 Å². The van der Waals surface area contributed by atoms with E-state index in [1.165, 1.54) is 4.57 Å². The van der Waals surface area contributed by atoms with Crippen molar-refractivity contribution < 1.29 is 27.8 Å². The van der Waals surface area contributed by atoms with Crippen molar-refractivity contribution in [3.05, 3.63) is 60.7 Å². The summed E-state index contributed by atoms with van der Waals surface area (Å²) in [5.74, 6) is 1.56. The summed E-state index contributed by atoms with van der Waals surface area (Å²) in [7, 11) is 0. The molecule has 3 aliphatic rings. The molecule has 0 bridgehead atoms. The third-order valence-corrected chi connectivity index (χ3v) is 9.00. The van der Waals surface area contributed by atoms with E-state index in [1.54, 1.807) is 42.7 Å². The molecule has 3 aromatic heterocycles. The second-order valence-electron chi connectivity index (χ2n) is 12.0. The van der Waals surface area contributed by atoms with Gasteiger partial charge in [0.25, 0.3) is 6.43 Å². The molecule has 13 heteroatoms. The maximum atomic E-state index is 14.2. The number of ether oxygens (including phenoxy) is 3. The molecule has 7 rings (SSSR count). The molecule has 46 heavy (non-hydrogen) atoms. The highest BCUT2D eigenvalue weighted by molar-refractivity contribution is 5.79. The van der Waals surface area contributed by atoms with E-state index in [1.807, 2.05) is 21.9 Å². The Morgan fingerprint density at radius 1 is 0.848 bits per heavy atom. The average Bonchev–Trinajstić information content (AvgIpc) is 3.50. The molecule has 1 saturated carbocycles. The van der Waals surface area contributed by atoms with Gasteiger partial charge in [-0.1, -0.05) is 12.1 Å². The van der Waals surface area contributed by atoms with Crippen LogP contribution in [0.5, 0.6) is 11.6 Å². The quantitative estimate of drug-likeness (QED) is 0.265. The van der Waals surface area contributed by atoms with Crippen molar-refractivity contribution in [2.75, 3.05) is 44.3 Å². The lowest BCUT2D eigenvalue weighted by atomic mass is 9.86. The summed E-state index contributed by atoms with van der Waals surface area (Å²) >= 11 is 0. The Balaban J connectivity index is 1.03. The zero-order valence-electron chi connectivity index (χ0n) is 25.5. The van der Waals surface area contributed by atoms with Crippen LogP contribution in [0.4, 0.5) is 14.7 Å². The summed E-state index contributed by atoms with van der Waals surface area (Å²) in [5, 5.41) is 0. The number of benzene rings is 1. The second kappa shape index (κ2) is 13.5. The Morgan fingerprint density at radius 2 is 1.57 bits per heavy atom. The van der Waals surface area contributed by atoms with Gasteiger partial charge >= 0.3 is 0 Å².